The number of fused-ring (bicyclic) bond motifs is 1. The molecule has 1 fully saturated rings. The number of rotatable bonds is 3. The minimum Gasteiger partial charge on any atom is -0.490 e. The van der Waals surface area contributed by atoms with Gasteiger partial charge in [-0.3, -0.25) is 4.98 Å². The molecule has 0 bridgehead atoms. The molecule has 0 radical (unpaired) electrons. The fourth-order valence-electron chi connectivity index (χ4n) is 3.34. The molecular formula is C19H20N2OS. The molecular weight excluding hydrogens is 304 g/mol. The van der Waals surface area contributed by atoms with Crippen LogP contribution in [0.4, 0.5) is 0 Å². The smallest absolute Gasteiger partial charge is 0.128 e. The Balaban J connectivity index is 1.75. The fourth-order valence-corrected chi connectivity index (χ4v) is 3.98. The highest BCUT2D eigenvalue weighted by molar-refractivity contribution is 7.08. The molecule has 0 saturated heterocycles. The molecule has 1 aliphatic carbocycles. The summed E-state index contributed by atoms with van der Waals surface area (Å²) in [6, 6.07) is 8.76. The highest BCUT2D eigenvalue weighted by Gasteiger charge is 2.21. The zero-order chi connectivity index (χ0) is 15.6. The van der Waals surface area contributed by atoms with Crippen LogP contribution in [0, 0.1) is 0 Å². The van der Waals surface area contributed by atoms with E-state index in [1.54, 1.807) is 11.3 Å². The van der Waals surface area contributed by atoms with Crippen molar-refractivity contribution in [3.05, 3.63) is 47.4 Å². The number of thiophene rings is 1. The van der Waals surface area contributed by atoms with Gasteiger partial charge in [-0.2, -0.15) is 11.3 Å². The second kappa shape index (κ2) is 6.30. The Hall–Kier alpha value is -1.91. The van der Waals surface area contributed by atoms with Gasteiger partial charge in [0, 0.05) is 29.4 Å². The molecule has 3 nitrogen and oxygen atoms in total. The monoisotopic (exact) mass is 324 g/mol. The van der Waals surface area contributed by atoms with E-state index < -0.39 is 0 Å². The number of ether oxygens (including phenoxy) is 1. The van der Waals surface area contributed by atoms with Crippen LogP contribution in [0.15, 0.2) is 47.4 Å². The third-order valence-corrected chi connectivity index (χ3v) is 5.29. The highest BCUT2D eigenvalue weighted by atomic mass is 32.1. The van der Waals surface area contributed by atoms with Crippen LogP contribution in [0.5, 0.6) is 5.75 Å². The molecule has 3 aromatic rings. The van der Waals surface area contributed by atoms with Gasteiger partial charge >= 0.3 is 0 Å². The van der Waals surface area contributed by atoms with Crippen molar-refractivity contribution in [2.45, 2.75) is 37.8 Å². The molecule has 4 heteroatoms. The number of hydrogen-bond acceptors (Lipinski definition) is 4. The average Bonchev–Trinajstić information content (AvgIpc) is 3.11. The maximum atomic E-state index is 6.40. The summed E-state index contributed by atoms with van der Waals surface area (Å²) in [6.07, 6.45) is 8.21. The summed E-state index contributed by atoms with van der Waals surface area (Å²) >= 11 is 1.71. The van der Waals surface area contributed by atoms with Crippen molar-refractivity contribution >= 4 is 22.1 Å². The van der Waals surface area contributed by atoms with E-state index in [1.807, 2.05) is 12.4 Å². The van der Waals surface area contributed by atoms with Gasteiger partial charge < -0.3 is 10.5 Å². The lowest BCUT2D eigenvalue weighted by atomic mass is 9.93. The zero-order valence-electron chi connectivity index (χ0n) is 12.9. The summed E-state index contributed by atoms with van der Waals surface area (Å²) in [5.74, 6) is 0.975. The van der Waals surface area contributed by atoms with Crippen LogP contribution < -0.4 is 10.5 Å². The minimum absolute atomic E-state index is 0.270. The number of pyridine rings is 1. The van der Waals surface area contributed by atoms with Crippen LogP contribution in [0.25, 0.3) is 21.9 Å². The van der Waals surface area contributed by atoms with Gasteiger partial charge in [-0.05, 0) is 71.7 Å². The molecule has 1 saturated carbocycles. The number of aromatic nitrogens is 1. The molecule has 23 heavy (non-hydrogen) atoms. The van der Waals surface area contributed by atoms with Crippen molar-refractivity contribution in [3.8, 4) is 16.9 Å². The van der Waals surface area contributed by atoms with Gasteiger partial charge in [0.15, 0.2) is 0 Å². The topological polar surface area (TPSA) is 48.1 Å². The standard InChI is InChI=1S/C19H20N2OS/c20-15-2-4-16(5-3-15)22-18-6-1-13-11-21-9-7-17(13)19(18)14-8-10-23-12-14/h1,6-12,15-16H,2-5,20H2. The number of benzene rings is 1. The Bertz CT molecular complexity index is 792. The van der Waals surface area contributed by atoms with Crippen LogP contribution in [-0.4, -0.2) is 17.1 Å². The minimum atomic E-state index is 0.270. The fraction of sp³-hybridized carbons (Fsp3) is 0.316. The average molecular weight is 324 g/mol. The van der Waals surface area contributed by atoms with E-state index in [4.69, 9.17) is 10.5 Å². The molecule has 0 unspecified atom stereocenters. The van der Waals surface area contributed by atoms with Gasteiger partial charge in [0.25, 0.3) is 0 Å². The highest BCUT2D eigenvalue weighted by Crippen LogP contribution is 2.39. The van der Waals surface area contributed by atoms with Crippen LogP contribution >= 0.6 is 11.3 Å². The van der Waals surface area contributed by atoms with Gasteiger partial charge in [-0.25, -0.2) is 0 Å². The second-order valence-electron chi connectivity index (χ2n) is 6.20. The van der Waals surface area contributed by atoms with Gasteiger partial charge in [-0.15, -0.1) is 0 Å². The summed E-state index contributed by atoms with van der Waals surface area (Å²) in [6.45, 7) is 0. The number of nitrogens with zero attached hydrogens (tertiary/aromatic N) is 1. The Morgan fingerprint density at radius 3 is 2.74 bits per heavy atom. The van der Waals surface area contributed by atoms with Crippen LogP contribution in [0.3, 0.4) is 0 Å². The molecule has 2 heterocycles. The van der Waals surface area contributed by atoms with E-state index >= 15 is 0 Å². The molecule has 118 valence electrons. The largest absolute Gasteiger partial charge is 0.490 e. The van der Waals surface area contributed by atoms with Crippen molar-refractivity contribution in [2.24, 2.45) is 5.73 Å². The van der Waals surface area contributed by atoms with Gasteiger partial charge in [0.2, 0.25) is 0 Å². The predicted octanol–water partition coefficient (Wildman–Crippen LogP) is 4.61. The van der Waals surface area contributed by atoms with Crippen molar-refractivity contribution in [1.82, 2.24) is 4.98 Å². The molecule has 0 amide bonds. The first kappa shape index (κ1) is 14.7. The lowest BCUT2D eigenvalue weighted by Crippen LogP contribution is -2.31. The first-order valence-electron chi connectivity index (χ1n) is 8.13. The van der Waals surface area contributed by atoms with Gasteiger partial charge in [0.1, 0.15) is 5.75 Å². The quantitative estimate of drug-likeness (QED) is 0.765. The van der Waals surface area contributed by atoms with E-state index in [1.165, 1.54) is 16.5 Å². The number of nitrogens with two attached hydrogens (primary N) is 1. The molecule has 1 aliphatic rings. The van der Waals surface area contributed by atoms with Crippen molar-refractivity contribution < 1.29 is 4.74 Å². The molecule has 0 aliphatic heterocycles. The third kappa shape index (κ3) is 2.96. The third-order valence-electron chi connectivity index (χ3n) is 4.60. The lowest BCUT2D eigenvalue weighted by molar-refractivity contribution is 0.148. The summed E-state index contributed by atoms with van der Waals surface area (Å²) in [5.41, 5.74) is 8.41. The summed E-state index contributed by atoms with van der Waals surface area (Å²) in [5, 5.41) is 6.63. The lowest BCUT2D eigenvalue weighted by Gasteiger charge is -2.28. The molecule has 1 aromatic carbocycles. The second-order valence-corrected chi connectivity index (χ2v) is 6.98. The first-order valence-corrected chi connectivity index (χ1v) is 9.07. The summed E-state index contributed by atoms with van der Waals surface area (Å²) in [7, 11) is 0. The van der Waals surface area contributed by atoms with Crippen LogP contribution in [0.1, 0.15) is 25.7 Å². The van der Waals surface area contributed by atoms with Gasteiger partial charge in [0.05, 0.1) is 6.10 Å². The SMILES string of the molecule is NC1CCC(Oc2ccc3cnccc3c2-c2ccsc2)CC1. The molecule has 2 aromatic heterocycles. The van der Waals surface area contributed by atoms with E-state index in [0.717, 1.165) is 36.8 Å². The number of hydrogen-bond donors (Lipinski definition) is 1. The Morgan fingerprint density at radius 2 is 1.96 bits per heavy atom. The Kier molecular flexibility index (Phi) is 4.02. The Morgan fingerprint density at radius 1 is 1.09 bits per heavy atom. The molecule has 4 rings (SSSR count). The maximum Gasteiger partial charge on any atom is 0.128 e. The maximum absolute atomic E-state index is 6.40. The molecule has 2 N–H and O–H groups in total. The predicted molar refractivity (Wildman–Crippen MR) is 95.9 cm³/mol. The van der Waals surface area contributed by atoms with Gasteiger partial charge in [-0.1, -0.05) is 0 Å². The van der Waals surface area contributed by atoms with Crippen LogP contribution in [-0.2, 0) is 0 Å². The van der Waals surface area contributed by atoms with Crippen molar-refractivity contribution in [3.63, 3.8) is 0 Å². The Labute approximate surface area is 140 Å². The van der Waals surface area contributed by atoms with E-state index in [-0.39, 0.29) is 6.10 Å². The van der Waals surface area contributed by atoms with E-state index in [2.05, 4.69) is 40.0 Å². The molecule has 0 atom stereocenters. The van der Waals surface area contributed by atoms with E-state index in [0.29, 0.717) is 6.04 Å². The first-order chi connectivity index (χ1) is 11.3. The zero-order valence-corrected chi connectivity index (χ0v) is 13.8. The van der Waals surface area contributed by atoms with Crippen molar-refractivity contribution in [1.29, 1.82) is 0 Å². The summed E-state index contributed by atoms with van der Waals surface area (Å²) in [4.78, 5) is 4.24. The molecule has 0 spiro atoms. The normalized spacial score (nSPS) is 21.4. The van der Waals surface area contributed by atoms with Crippen molar-refractivity contribution in [2.75, 3.05) is 0 Å². The van der Waals surface area contributed by atoms with Crippen LogP contribution in [0.2, 0.25) is 0 Å². The summed E-state index contributed by atoms with van der Waals surface area (Å²) < 4.78 is 6.40. The van der Waals surface area contributed by atoms with E-state index in [9.17, 15) is 0 Å².